The number of anilines is 1. The van der Waals surface area contributed by atoms with E-state index >= 15 is 0 Å². The first-order chi connectivity index (χ1) is 9.20. The largest absolute Gasteiger partial charge is 0.369 e. The number of nitrogens with one attached hydrogen (secondary N) is 1. The molecule has 0 spiro atoms. The molecule has 19 heavy (non-hydrogen) atoms. The van der Waals surface area contributed by atoms with E-state index in [2.05, 4.69) is 39.4 Å². The number of benzene rings is 1. The molecule has 0 radical (unpaired) electrons. The lowest BCUT2D eigenvalue weighted by atomic mass is 10.2. The number of primary amides is 1. The summed E-state index contributed by atoms with van der Waals surface area (Å²) >= 11 is 0. The second-order valence-corrected chi connectivity index (χ2v) is 4.87. The van der Waals surface area contributed by atoms with Gasteiger partial charge >= 0.3 is 0 Å². The highest BCUT2D eigenvalue weighted by molar-refractivity contribution is 5.80. The van der Waals surface area contributed by atoms with Crippen LogP contribution in [0.1, 0.15) is 0 Å². The van der Waals surface area contributed by atoms with Crippen molar-refractivity contribution in [1.82, 2.24) is 10.2 Å². The lowest BCUT2D eigenvalue weighted by molar-refractivity contribution is -0.120. The van der Waals surface area contributed by atoms with Crippen LogP contribution in [0.5, 0.6) is 0 Å². The first-order valence-corrected chi connectivity index (χ1v) is 6.69. The topological polar surface area (TPSA) is 61.6 Å². The van der Waals surface area contributed by atoms with Gasteiger partial charge in [-0.2, -0.15) is 0 Å². The molecule has 1 saturated heterocycles. The fourth-order valence-corrected chi connectivity index (χ4v) is 2.41. The third-order valence-corrected chi connectivity index (χ3v) is 3.63. The number of likely N-dealkylation sites (N-methyl/N-ethyl adjacent to an activating group) is 1. The summed E-state index contributed by atoms with van der Waals surface area (Å²) in [6.45, 7) is 4.58. The van der Waals surface area contributed by atoms with Gasteiger partial charge in [-0.25, -0.2) is 0 Å². The number of hydrogen-bond acceptors (Lipinski definition) is 4. The van der Waals surface area contributed by atoms with Gasteiger partial charge in [-0.15, -0.1) is 0 Å². The number of piperazine rings is 1. The molecule has 1 heterocycles. The lowest BCUT2D eigenvalue weighted by Crippen LogP contribution is -2.53. The SMILES string of the molecule is CNC(CN1CCN(c2ccccc2)CC1)C(N)=O. The normalized spacial score (nSPS) is 18.3. The van der Waals surface area contributed by atoms with E-state index in [1.54, 1.807) is 7.05 Å². The fourth-order valence-electron chi connectivity index (χ4n) is 2.41. The number of nitrogens with zero attached hydrogens (tertiary/aromatic N) is 2. The monoisotopic (exact) mass is 262 g/mol. The van der Waals surface area contributed by atoms with Crippen LogP contribution >= 0.6 is 0 Å². The van der Waals surface area contributed by atoms with E-state index in [1.165, 1.54) is 5.69 Å². The van der Waals surface area contributed by atoms with Gasteiger partial charge in [0, 0.05) is 38.4 Å². The van der Waals surface area contributed by atoms with Gasteiger partial charge in [0.2, 0.25) is 5.91 Å². The van der Waals surface area contributed by atoms with Gasteiger partial charge in [-0.1, -0.05) is 18.2 Å². The average Bonchev–Trinajstić information content (AvgIpc) is 2.46. The Labute approximate surface area is 114 Å². The van der Waals surface area contributed by atoms with Crippen molar-refractivity contribution < 1.29 is 4.79 Å². The Hall–Kier alpha value is -1.59. The van der Waals surface area contributed by atoms with Crippen LogP contribution in [0.15, 0.2) is 30.3 Å². The molecule has 0 aromatic heterocycles. The van der Waals surface area contributed by atoms with Crippen molar-refractivity contribution >= 4 is 11.6 Å². The predicted molar refractivity (Wildman–Crippen MR) is 77.1 cm³/mol. The smallest absolute Gasteiger partial charge is 0.235 e. The highest BCUT2D eigenvalue weighted by atomic mass is 16.1. The van der Waals surface area contributed by atoms with Gasteiger partial charge in [0.25, 0.3) is 0 Å². The predicted octanol–water partition coefficient (Wildman–Crippen LogP) is -0.118. The maximum atomic E-state index is 11.2. The quantitative estimate of drug-likeness (QED) is 0.777. The van der Waals surface area contributed by atoms with E-state index in [-0.39, 0.29) is 11.9 Å². The zero-order valence-electron chi connectivity index (χ0n) is 11.4. The average molecular weight is 262 g/mol. The summed E-state index contributed by atoms with van der Waals surface area (Å²) in [6.07, 6.45) is 0. The Morgan fingerprint density at radius 3 is 2.42 bits per heavy atom. The minimum absolute atomic E-state index is 0.261. The molecule has 3 N–H and O–H groups in total. The standard InChI is InChI=1S/C14H22N4O/c1-16-13(14(15)19)11-17-7-9-18(10-8-17)12-5-3-2-4-6-12/h2-6,13,16H,7-11H2,1H3,(H2,15,19). The van der Waals surface area contributed by atoms with Crippen LogP contribution < -0.4 is 16.0 Å². The van der Waals surface area contributed by atoms with E-state index in [9.17, 15) is 4.79 Å². The second-order valence-electron chi connectivity index (χ2n) is 4.87. The lowest BCUT2D eigenvalue weighted by Gasteiger charge is -2.37. The van der Waals surface area contributed by atoms with Crippen LogP contribution in [0.2, 0.25) is 0 Å². The molecule has 1 atom stereocenters. The van der Waals surface area contributed by atoms with E-state index in [0.717, 1.165) is 26.2 Å². The van der Waals surface area contributed by atoms with Crippen molar-refractivity contribution in [3.05, 3.63) is 30.3 Å². The highest BCUT2D eigenvalue weighted by Crippen LogP contribution is 2.15. The summed E-state index contributed by atoms with van der Waals surface area (Å²) < 4.78 is 0. The molecule has 1 fully saturated rings. The molecule has 0 saturated carbocycles. The molecule has 1 unspecified atom stereocenters. The molecule has 5 nitrogen and oxygen atoms in total. The fraction of sp³-hybridized carbons (Fsp3) is 0.500. The molecule has 1 aromatic rings. The summed E-state index contributed by atoms with van der Waals surface area (Å²) in [6, 6.07) is 10.2. The third-order valence-electron chi connectivity index (χ3n) is 3.63. The Kier molecular flexibility index (Phi) is 4.76. The number of carbonyl (C=O) groups excluding carboxylic acids is 1. The molecule has 5 heteroatoms. The van der Waals surface area contributed by atoms with Crippen molar-refractivity contribution in [1.29, 1.82) is 0 Å². The van der Waals surface area contributed by atoms with Crippen molar-refractivity contribution in [3.63, 3.8) is 0 Å². The van der Waals surface area contributed by atoms with Crippen molar-refractivity contribution in [2.24, 2.45) is 5.73 Å². The Morgan fingerprint density at radius 2 is 1.89 bits per heavy atom. The minimum Gasteiger partial charge on any atom is -0.369 e. The Bertz CT molecular complexity index is 401. The second kappa shape index (κ2) is 6.54. The van der Waals surface area contributed by atoms with Gasteiger partial charge < -0.3 is 16.0 Å². The van der Waals surface area contributed by atoms with E-state index in [1.807, 2.05) is 6.07 Å². The van der Waals surface area contributed by atoms with Gasteiger partial charge in [0.15, 0.2) is 0 Å². The molecule has 1 aliphatic rings. The molecule has 104 valence electrons. The van der Waals surface area contributed by atoms with Gasteiger partial charge in [0.1, 0.15) is 0 Å². The first kappa shape index (κ1) is 13.8. The molecule has 2 rings (SSSR count). The van der Waals surface area contributed by atoms with Crippen LogP contribution in [0.3, 0.4) is 0 Å². The maximum Gasteiger partial charge on any atom is 0.235 e. The number of para-hydroxylation sites is 1. The summed E-state index contributed by atoms with van der Waals surface area (Å²) in [7, 11) is 1.77. The van der Waals surface area contributed by atoms with Gasteiger partial charge in [0.05, 0.1) is 6.04 Å². The minimum atomic E-state index is -0.284. The summed E-state index contributed by atoms with van der Waals surface area (Å²) in [4.78, 5) is 15.9. The van der Waals surface area contributed by atoms with Crippen LogP contribution in [-0.4, -0.2) is 56.6 Å². The molecule has 0 bridgehead atoms. The van der Waals surface area contributed by atoms with Crippen molar-refractivity contribution in [3.8, 4) is 0 Å². The van der Waals surface area contributed by atoms with Crippen molar-refractivity contribution in [2.75, 3.05) is 44.7 Å². The van der Waals surface area contributed by atoms with Gasteiger partial charge in [-0.3, -0.25) is 9.69 Å². The number of hydrogen-bond donors (Lipinski definition) is 2. The zero-order valence-corrected chi connectivity index (χ0v) is 11.4. The molecular formula is C14H22N4O. The van der Waals surface area contributed by atoms with E-state index < -0.39 is 0 Å². The summed E-state index contributed by atoms with van der Waals surface area (Å²) in [5, 5.41) is 2.96. The maximum absolute atomic E-state index is 11.2. The number of carbonyl (C=O) groups is 1. The van der Waals surface area contributed by atoms with Crippen LogP contribution in [0.4, 0.5) is 5.69 Å². The third kappa shape index (κ3) is 3.68. The van der Waals surface area contributed by atoms with Crippen molar-refractivity contribution in [2.45, 2.75) is 6.04 Å². The van der Waals surface area contributed by atoms with E-state index in [0.29, 0.717) is 6.54 Å². The van der Waals surface area contributed by atoms with E-state index in [4.69, 9.17) is 5.73 Å². The van der Waals surface area contributed by atoms with Gasteiger partial charge in [-0.05, 0) is 19.2 Å². The molecular weight excluding hydrogens is 240 g/mol. The summed E-state index contributed by atoms with van der Waals surface area (Å²) in [5.41, 5.74) is 6.61. The molecule has 1 amide bonds. The summed E-state index contributed by atoms with van der Waals surface area (Å²) in [5.74, 6) is -0.284. The number of nitrogens with two attached hydrogens (primary N) is 1. The first-order valence-electron chi connectivity index (χ1n) is 6.69. The van der Waals surface area contributed by atoms with Crippen LogP contribution in [0, 0.1) is 0 Å². The zero-order chi connectivity index (χ0) is 13.7. The molecule has 1 aromatic carbocycles. The number of amides is 1. The highest BCUT2D eigenvalue weighted by Gasteiger charge is 2.21. The molecule has 0 aliphatic carbocycles. The molecule has 1 aliphatic heterocycles. The van der Waals surface area contributed by atoms with Crippen LogP contribution in [0.25, 0.3) is 0 Å². The Balaban J connectivity index is 1.84. The Morgan fingerprint density at radius 1 is 1.26 bits per heavy atom. The number of rotatable bonds is 5. The van der Waals surface area contributed by atoms with Crippen LogP contribution in [-0.2, 0) is 4.79 Å².